The van der Waals surface area contributed by atoms with Crippen molar-refractivity contribution >= 4 is 11.8 Å². The minimum absolute atomic E-state index is 0.0331. The highest BCUT2D eigenvalue weighted by molar-refractivity contribution is 6.05. The van der Waals surface area contributed by atoms with Gasteiger partial charge in [-0.1, -0.05) is 30.3 Å². The normalized spacial score (nSPS) is 35.5. The summed E-state index contributed by atoms with van der Waals surface area (Å²) in [6, 6.07) is 9.98. The molecule has 1 aromatic carbocycles. The van der Waals surface area contributed by atoms with Gasteiger partial charge in [0.1, 0.15) is 0 Å². The van der Waals surface area contributed by atoms with Crippen LogP contribution in [-0.2, 0) is 16.1 Å². The second kappa shape index (κ2) is 4.42. The first kappa shape index (κ1) is 12.1. The fourth-order valence-corrected chi connectivity index (χ4v) is 4.13. The van der Waals surface area contributed by atoms with Crippen molar-refractivity contribution in [1.29, 1.82) is 0 Å². The zero-order valence-electron chi connectivity index (χ0n) is 11.3. The van der Waals surface area contributed by atoms with Gasteiger partial charge in [-0.2, -0.15) is 0 Å². The van der Waals surface area contributed by atoms with E-state index in [1.165, 1.54) is 4.90 Å². The minimum Gasteiger partial charge on any atom is -0.313 e. The summed E-state index contributed by atoms with van der Waals surface area (Å²) in [4.78, 5) is 26.7. The molecule has 104 valence electrons. The van der Waals surface area contributed by atoms with Crippen LogP contribution in [0.4, 0.5) is 0 Å². The summed E-state index contributed by atoms with van der Waals surface area (Å²) in [7, 11) is 0. The monoisotopic (exact) mass is 270 g/mol. The highest BCUT2D eigenvalue weighted by atomic mass is 16.2. The molecule has 1 aliphatic carbocycles. The van der Waals surface area contributed by atoms with Crippen LogP contribution in [0, 0.1) is 17.8 Å². The first-order valence-electron chi connectivity index (χ1n) is 7.38. The number of nitrogens with zero attached hydrogens (tertiary/aromatic N) is 1. The number of benzene rings is 1. The van der Waals surface area contributed by atoms with E-state index in [9.17, 15) is 9.59 Å². The Morgan fingerprint density at radius 3 is 2.45 bits per heavy atom. The Balaban J connectivity index is 1.63. The Labute approximate surface area is 118 Å². The van der Waals surface area contributed by atoms with Crippen molar-refractivity contribution in [2.24, 2.45) is 17.8 Å². The lowest BCUT2D eigenvalue weighted by atomic mass is 9.67. The Morgan fingerprint density at radius 1 is 1.05 bits per heavy atom. The van der Waals surface area contributed by atoms with Crippen LogP contribution in [0.25, 0.3) is 0 Å². The molecule has 0 unspecified atom stereocenters. The number of nitrogens with one attached hydrogen (secondary N) is 1. The van der Waals surface area contributed by atoms with Crippen LogP contribution in [-0.4, -0.2) is 29.3 Å². The van der Waals surface area contributed by atoms with Crippen LogP contribution in [0.1, 0.15) is 18.4 Å². The molecule has 4 atom stereocenters. The van der Waals surface area contributed by atoms with E-state index >= 15 is 0 Å². The van der Waals surface area contributed by atoms with E-state index in [-0.39, 0.29) is 29.7 Å². The van der Waals surface area contributed by atoms with Gasteiger partial charge < -0.3 is 5.32 Å². The van der Waals surface area contributed by atoms with E-state index in [4.69, 9.17) is 0 Å². The van der Waals surface area contributed by atoms with Crippen molar-refractivity contribution < 1.29 is 9.59 Å². The third kappa shape index (κ3) is 1.64. The third-order valence-electron chi connectivity index (χ3n) is 5.10. The predicted molar refractivity (Wildman–Crippen MR) is 73.5 cm³/mol. The molecule has 4 aliphatic rings. The zero-order valence-corrected chi connectivity index (χ0v) is 11.3. The fourth-order valence-electron chi connectivity index (χ4n) is 4.13. The molecule has 3 saturated heterocycles. The lowest BCUT2D eigenvalue weighted by Crippen LogP contribution is -2.56. The molecule has 4 fully saturated rings. The highest BCUT2D eigenvalue weighted by Crippen LogP contribution is 2.45. The lowest BCUT2D eigenvalue weighted by Gasteiger charge is -2.43. The summed E-state index contributed by atoms with van der Waals surface area (Å²) in [6.07, 6.45) is 2.11. The Kier molecular flexibility index (Phi) is 2.67. The van der Waals surface area contributed by atoms with Gasteiger partial charge in [0.05, 0.1) is 18.4 Å². The van der Waals surface area contributed by atoms with Crippen LogP contribution in [0.15, 0.2) is 30.3 Å². The van der Waals surface area contributed by atoms with Crippen molar-refractivity contribution in [2.75, 3.05) is 6.54 Å². The number of rotatable bonds is 2. The quantitative estimate of drug-likeness (QED) is 0.821. The van der Waals surface area contributed by atoms with Gasteiger partial charge in [0, 0.05) is 6.04 Å². The van der Waals surface area contributed by atoms with E-state index in [0.29, 0.717) is 12.5 Å². The van der Waals surface area contributed by atoms with Gasteiger partial charge in [0.2, 0.25) is 11.8 Å². The molecule has 5 rings (SSSR count). The predicted octanol–water partition coefficient (Wildman–Crippen LogP) is 1.17. The maximum Gasteiger partial charge on any atom is 0.234 e. The molecular formula is C16H18N2O2. The molecule has 0 radical (unpaired) electrons. The molecule has 0 spiro atoms. The molecule has 2 bridgehead atoms. The Morgan fingerprint density at radius 2 is 1.80 bits per heavy atom. The lowest BCUT2D eigenvalue weighted by molar-refractivity contribution is -0.140. The number of carbonyl (C=O) groups excluding carboxylic acids is 2. The molecule has 3 aliphatic heterocycles. The number of hydrogen-bond acceptors (Lipinski definition) is 3. The molecule has 3 heterocycles. The summed E-state index contributed by atoms with van der Waals surface area (Å²) in [5.74, 6) is 0.262. The first-order chi connectivity index (χ1) is 9.75. The molecular weight excluding hydrogens is 252 g/mol. The molecule has 4 heteroatoms. The van der Waals surface area contributed by atoms with Crippen molar-refractivity contribution in [3.8, 4) is 0 Å². The van der Waals surface area contributed by atoms with Crippen LogP contribution in [0.5, 0.6) is 0 Å². The SMILES string of the molecule is O=C1[C@@H]2[C@H]3CC[C@@H](NC3)[C@@H]2C(=O)N1Cc1ccccc1. The van der Waals surface area contributed by atoms with Crippen LogP contribution in [0.3, 0.4) is 0 Å². The maximum absolute atomic E-state index is 12.6. The maximum atomic E-state index is 12.6. The van der Waals surface area contributed by atoms with Gasteiger partial charge in [-0.05, 0) is 30.9 Å². The van der Waals surface area contributed by atoms with E-state index in [1.54, 1.807) is 0 Å². The van der Waals surface area contributed by atoms with E-state index < -0.39 is 0 Å². The molecule has 4 nitrogen and oxygen atoms in total. The third-order valence-corrected chi connectivity index (χ3v) is 5.10. The standard InChI is InChI=1S/C16H18N2O2/c19-15-13-11-6-7-12(17-8-11)14(13)16(20)18(15)9-10-4-2-1-3-5-10/h1-5,11-14,17H,6-9H2/t11-,12+,13+,14-/m0/s1. The second-order valence-corrected chi connectivity index (χ2v) is 6.15. The molecule has 1 saturated carbocycles. The number of likely N-dealkylation sites (tertiary alicyclic amines) is 1. The average molecular weight is 270 g/mol. The summed E-state index contributed by atoms with van der Waals surface area (Å²) < 4.78 is 0. The molecule has 2 amide bonds. The van der Waals surface area contributed by atoms with E-state index in [0.717, 1.165) is 24.9 Å². The smallest absolute Gasteiger partial charge is 0.234 e. The molecule has 1 N–H and O–H groups in total. The Hall–Kier alpha value is -1.68. The molecule has 20 heavy (non-hydrogen) atoms. The summed E-state index contributed by atoms with van der Waals surface area (Å²) >= 11 is 0. The van der Waals surface area contributed by atoms with Gasteiger partial charge in [0.25, 0.3) is 0 Å². The van der Waals surface area contributed by atoms with E-state index in [1.807, 2.05) is 30.3 Å². The number of imide groups is 1. The van der Waals surface area contributed by atoms with Gasteiger partial charge in [-0.3, -0.25) is 14.5 Å². The molecule has 0 aromatic heterocycles. The van der Waals surface area contributed by atoms with Crippen LogP contribution in [0.2, 0.25) is 0 Å². The average Bonchev–Trinajstić information content (AvgIpc) is 2.77. The number of hydrogen-bond donors (Lipinski definition) is 1. The number of fused-ring (bicyclic) bond motifs is 2. The summed E-state index contributed by atoms with van der Waals surface area (Å²) in [6.45, 7) is 1.31. The van der Waals surface area contributed by atoms with Crippen LogP contribution < -0.4 is 5.32 Å². The molecule has 1 aromatic rings. The van der Waals surface area contributed by atoms with Crippen molar-refractivity contribution in [1.82, 2.24) is 10.2 Å². The van der Waals surface area contributed by atoms with E-state index in [2.05, 4.69) is 5.32 Å². The summed E-state index contributed by atoms with van der Waals surface area (Å²) in [5, 5.41) is 3.43. The van der Waals surface area contributed by atoms with Gasteiger partial charge in [0.15, 0.2) is 0 Å². The highest BCUT2D eigenvalue weighted by Gasteiger charge is 2.57. The van der Waals surface area contributed by atoms with Gasteiger partial charge in [-0.15, -0.1) is 0 Å². The minimum atomic E-state index is -0.112. The van der Waals surface area contributed by atoms with Gasteiger partial charge >= 0.3 is 0 Å². The topological polar surface area (TPSA) is 49.4 Å². The van der Waals surface area contributed by atoms with Crippen LogP contribution >= 0.6 is 0 Å². The van der Waals surface area contributed by atoms with Crippen molar-refractivity contribution in [2.45, 2.75) is 25.4 Å². The largest absolute Gasteiger partial charge is 0.313 e. The second-order valence-electron chi connectivity index (χ2n) is 6.15. The number of piperidine rings is 2. The summed E-state index contributed by atoms with van der Waals surface area (Å²) in [5.41, 5.74) is 1.02. The number of carbonyl (C=O) groups is 2. The van der Waals surface area contributed by atoms with Gasteiger partial charge in [-0.25, -0.2) is 0 Å². The fraction of sp³-hybridized carbons (Fsp3) is 0.500. The van der Waals surface area contributed by atoms with Crippen molar-refractivity contribution in [3.05, 3.63) is 35.9 Å². The first-order valence-corrected chi connectivity index (χ1v) is 7.38. The van der Waals surface area contributed by atoms with Crippen molar-refractivity contribution in [3.63, 3.8) is 0 Å². The zero-order chi connectivity index (χ0) is 13.7. The Bertz CT molecular complexity index is 519. The number of amides is 2.